The minimum absolute atomic E-state index is 0.126. The van der Waals surface area contributed by atoms with Crippen molar-refractivity contribution in [3.05, 3.63) is 58.0 Å². The summed E-state index contributed by atoms with van der Waals surface area (Å²) in [6, 6.07) is 9.97. The zero-order valence-corrected chi connectivity index (χ0v) is 10.4. The molecular formula is C14H12FNOS. The van der Waals surface area contributed by atoms with E-state index in [-0.39, 0.29) is 17.8 Å². The summed E-state index contributed by atoms with van der Waals surface area (Å²) in [5.74, 6) is 0.00267. The van der Waals surface area contributed by atoms with Gasteiger partial charge in [0.25, 0.3) is 5.91 Å². The summed E-state index contributed by atoms with van der Waals surface area (Å²) < 4.78 is 12.7. The Balaban J connectivity index is 1.61. The van der Waals surface area contributed by atoms with Crippen LogP contribution in [-0.4, -0.2) is 11.9 Å². The third-order valence-corrected chi connectivity index (χ3v) is 4.13. The molecule has 1 aromatic heterocycles. The molecule has 2 nitrogen and oxygen atoms in total. The summed E-state index contributed by atoms with van der Waals surface area (Å²) in [7, 11) is 0. The average Bonchev–Trinajstić information content (AvgIpc) is 2.92. The molecule has 1 saturated carbocycles. The number of thiophene rings is 1. The number of carbonyl (C=O) groups excluding carboxylic acids is 1. The van der Waals surface area contributed by atoms with Gasteiger partial charge >= 0.3 is 0 Å². The molecule has 2 aromatic rings. The maximum atomic E-state index is 12.7. The van der Waals surface area contributed by atoms with E-state index in [1.54, 1.807) is 11.3 Å². The second-order valence-electron chi connectivity index (χ2n) is 4.44. The summed E-state index contributed by atoms with van der Waals surface area (Å²) in [4.78, 5) is 13.2. The first-order chi connectivity index (χ1) is 8.74. The highest BCUT2D eigenvalue weighted by Crippen LogP contribution is 2.42. The number of nitrogens with one attached hydrogen (secondary N) is 1. The van der Waals surface area contributed by atoms with Crippen LogP contribution in [0.25, 0.3) is 0 Å². The molecule has 1 aliphatic rings. The molecule has 1 heterocycles. The Labute approximate surface area is 108 Å². The van der Waals surface area contributed by atoms with Crippen molar-refractivity contribution in [2.45, 2.75) is 18.4 Å². The van der Waals surface area contributed by atoms with Crippen LogP contribution in [0.2, 0.25) is 0 Å². The monoisotopic (exact) mass is 261 g/mol. The second-order valence-corrected chi connectivity index (χ2v) is 5.42. The first-order valence-corrected chi connectivity index (χ1v) is 6.72. The molecule has 2 unspecified atom stereocenters. The van der Waals surface area contributed by atoms with Gasteiger partial charge in [0.1, 0.15) is 5.82 Å². The standard InChI is InChI=1S/C14H12FNOS/c15-10-5-3-9(4-6-10)14(17)16-12-8-11(12)13-2-1-7-18-13/h1-7,11-12H,8H2,(H,16,17). The van der Waals surface area contributed by atoms with Gasteiger partial charge in [0, 0.05) is 22.4 Å². The summed E-state index contributed by atoms with van der Waals surface area (Å²) in [5, 5.41) is 5.02. The van der Waals surface area contributed by atoms with Crippen molar-refractivity contribution < 1.29 is 9.18 Å². The van der Waals surface area contributed by atoms with E-state index in [9.17, 15) is 9.18 Å². The SMILES string of the molecule is O=C(NC1CC1c1cccs1)c1ccc(F)cc1. The maximum absolute atomic E-state index is 12.7. The lowest BCUT2D eigenvalue weighted by atomic mass is 10.2. The minimum Gasteiger partial charge on any atom is -0.349 e. The van der Waals surface area contributed by atoms with Crippen LogP contribution < -0.4 is 5.32 Å². The average molecular weight is 261 g/mol. The molecule has 0 bridgehead atoms. The van der Waals surface area contributed by atoms with Crippen LogP contribution in [0.4, 0.5) is 4.39 Å². The fourth-order valence-electron chi connectivity index (χ4n) is 2.02. The molecule has 3 rings (SSSR count). The van der Waals surface area contributed by atoms with Crippen LogP contribution in [0.15, 0.2) is 41.8 Å². The Kier molecular flexibility index (Phi) is 2.88. The largest absolute Gasteiger partial charge is 0.349 e. The van der Waals surface area contributed by atoms with Gasteiger partial charge in [-0.2, -0.15) is 0 Å². The summed E-state index contributed by atoms with van der Waals surface area (Å²) in [5.41, 5.74) is 0.508. The summed E-state index contributed by atoms with van der Waals surface area (Å²) >= 11 is 1.72. The molecule has 1 amide bonds. The Bertz CT molecular complexity index is 550. The normalized spacial score (nSPS) is 21.6. The number of benzene rings is 1. The molecule has 0 radical (unpaired) electrons. The van der Waals surface area contributed by atoms with Gasteiger partial charge in [0.05, 0.1) is 0 Å². The van der Waals surface area contributed by atoms with E-state index in [0.717, 1.165) is 6.42 Å². The lowest BCUT2D eigenvalue weighted by Crippen LogP contribution is -2.26. The van der Waals surface area contributed by atoms with Crippen molar-refractivity contribution in [1.82, 2.24) is 5.32 Å². The number of halogens is 1. The van der Waals surface area contributed by atoms with Crippen molar-refractivity contribution >= 4 is 17.2 Å². The van der Waals surface area contributed by atoms with Crippen LogP contribution in [0.5, 0.6) is 0 Å². The highest BCUT2D eigenvalue weighted by Gasteiger charge is 2.40. The van der Waals surface area contributed by atoms with Gasteiger partial charge < -0.3 is 5.32 Å². The smallest absolute Gasteiger partial charge is 0.251 e. The number of hydrogen-bond acceptors (Lipinski definition) is 2. The zero-order valence-electron chi connectivity index (χ0n) is 9.60. The molecule has 0 saturated heterocycles. The van der Waals surface area contributed by atoms with Crippen molar-refractivity contribution in [3.8, 4) is 0 Å². The van der Waals surface area contributed by atoms with E-state index >= 15 is 0 Å². The van der Waals surface area contributed by atoms with E-state index in [1.807, 2.05) is 11.4 Å². The van der Waals surface area contributed by atoms with E-state index in [4.69, 9.17) is 0 Å². The van der Waals surface area contributed by atoms with Gasteiger partial charge in [-0.1, -0.05) is 6.07 Å². The predicted octanol–water partition coefficient (Wildman–Crippen LogP) is 3.17. The molecule has 1 aromatic carbocycles. The van der Waals surface area contributed by atoms with Crippen molar-refractivity contribution in [2.75, 3.05) is 0 Å². The number of carbonyl (C=O) groups is 1. The van der Waals surface area contributed by atoms with Gasteiger partial charge in [-0.25, -0.2) is 4.39 Å². The fraction of sp³-hybridized carbons (Fsp3) is 0.214. The van der Waals surface area contributed by atoms with E-state index in [0.29, 0.717) is 11.5 Å². The number of hydrogen-bond donors (Lipinski definition) is 1. The summed E-state index contributed by atoms with van der Waals surface area (Å²) in [6.45, 7) is 0. The highest BCUT2D eigenvalue weighted by molar-refractivity contribution is 7.10. The van der Waals surface area contributed by atoms with Crippen LogP contribution in [0.3, 0.4) is 0 Å². The predicted molar refractivity (Wildman–Crippen MR) is 69.3 cm³/mol. The van der Waals surface area contributed by atoms with Crippen LogP contribution in [0.1, 0.15) is 27.6 Å². The molecule has 92 valence electrons. The lowest BCUT2D eigenvalue weighted by molar-refractivity contribution is 0.0950. The third kappa shape index (κ3) is 2.29. The van der Waals surface area contributed by atoms with Gasteiger partial charge in [-0.05, 0) is 42.1 Å². The molecule has 1 aliphatic carbocycles. The molecule has 1 N–H and O–H groups in total. The van der Waals surface area contributed by atoms with Gasteiger partial charge in [0.2, 0.25) is 0 Å². The van der Waals surface area contributed by atoms with Gasteiger partial charge in [-0.3, -0.25) is 4.79 Å². The molecule has 0 spiro atoms. The van der Waals surface area contributed by atoms with E-state index < -0.39 is 0 Å². The van der Waals surface area contributed by atoms with Gasteiger partial charge in [-0.15, -0.1) is 11.3 Å². The first kappa shape index (κ1) is 11.4. The number of rotatable bonds is 3. The molecule has 0 aliphatic heterocycles. The van der Waals surface area contributed by atoms with Crippen molar-refractivity contribution in [3.63, 3.8) is 0 Å². The Morgan fingerprint density at radius 3 is 2.72 bits per heavy atom. The van der Waals surface area contributed by atoms with Crippen molar-refractivity contribution in [1.29, 1.82) is 0 Å². The topological polar surface area (TPSA) is 29.1 Å². The third-order valence-electron chi connectivity index (χ3n) is 3.12. The quantitative estimate of drug-likeness (QED) is 0.903. The molecule has 4 heteroatoms. The first-order valence-electron chi connectivity index (χ1n) is 5.84. The zero-order chi connectivity index (χ0) is 12.5. The van der Waals surface area contributed by atoms with E-state index in [2.05, 4.69) is 11.4 Å². The number of amides is 1. The van der Waals surface area contributed by atoms with Crippen molar-refractivity contribution in [2.24, 2.45) is 0 Å². The van der Waals surface area contributed by atoms with Crippen LogP contribution in [-0.2, 0) is 0 Å². The van der Waals surface area contributed by atoms with E-state index in [1.165, 1.54) is 29.1 Å². The molecule has 1 fully saturated rings. The lowest BCUT2D eigenvalue weighted by Gasteiger charge is -2.04. The molecule has 18 heavy (non-hydrogen) atoms. The Hall–Kier alpha value is -1.68. The Morgan fingerprint density at radius 2 is 2.06 bits per heavy atom. The highest BCUT2D eigenvalue weighted by atomic mass is 32.1. The minimum atomic E-state index is -0.325. The van der Waals surface area contributed by atoms with Gasteiger partial charge in [0.15, 0.2) is 0 Å². The molecule has 2 atom stereocenters. The molecular weight excluding hydrogens is 249 g/mol. The summed E-state index contributed by atoms with van der Waals surface area (Å²) in [6.07, 6.45) is 0.994. The fourth-order valence-corrected chi connectivity index (χ4v) is 2.93. The van der Waals surface area contributed by atoms with Crippen LogP contribution >= 0.6 is 11.3 Å². The van der Waals surface area contributed by atoms with Crippen LogP contribution in [0, 0.1) is 5.82 Å². The Morgan fingerprint density at radius 1 is 1.28 bits per heavy atom. The second kappa shape index (κ2) is 4.53. The maximum Gasteiger partial charge on any atom is 0.251 e.